The Hall–Kier alpha value is -2.91. The van der Waals surface area contributed by atoms with Crippen LogP contribution in [0.4, 0.5) is 15.8 Å². The van der Waals surface area contributed by atoms with E-state index < -0.39 is 0 Å². The second-order valence-electron chi connectivity index (χ2n) is 6.67. The van der Waals surface area contributed by atoms with E-state index in [4.69, 9.17) is 11.6 Å². The number of halogens is 2. The van der Waals surface area contributed by atoms with Gasteiger partial charge >= 0.3 is 0 Å². The van der Waals surface area contributed by atoms with E-state index in [1.54, 1.807) is 16.7 Å². The lowest BCUT2D eigenvalue weighted by Crippen LogP contribution is -2.18. The Morgan fingerprint density at radius 2 is 1.84 bits per heavy atom. The Bertz CT molecular complexity index is 1090. The van der Waals surface area contributed by atoms with Gasteiger partial charge in [0.1, 0.15) is 11.6 Å². The predicted molar refractivity (Wildman–Crippen MR) is 120 cm³/mol. The summed E-state index contributed by atoms with van der Waals surface area (Å²) in [4.78, 5) is 24.6. The highest BCUT2D eigenvalue weighted by Crippen LogP contribution is 2.22. The second-order valence-corrected chi connectivity index (χ2v) is 8.05. The number of hydrogen-bond donors (Lipinski definition) is 2. The number of aryl methyl sites for hydroxylation is 1. The first kappa shape index (κ1) is 22.8. The quantitative estimate of drug-likeness (QED) is 0.488. The van der Waals surface area contributed by atoms with E-state index in [2.05, 4.69) is 20.8 Å². The molecule has 10 heteroatoms. The largest absolute Gasteiger partial charge is 0.326 e. The van der Waals surface area contributed by atoms with Gasteiger partial charge in [-0.3, -0.25) is 9.59 Å². The third kappa shape index (κ3) is 6.28. The zero-order chi connectivity index (χ0) is 22.4. The average molecular weight is 462 g/mol. The molecule has 31 heavy (non-hydrogen) atoms. The molecule has 3 rings (SSSR count). The van der Waals surface area contributed by atoms with Crippen molar-refractivity contribution in [3.63, 3.8) is 0 Å². The molecule has 0 spiro atoms. The van der Waals surface area contributed by atoms with Crippen molar-refractivity contribution in [1.82, 2.24) is 14.8 Å². The van der Waals surface area contributed by atoms with Gasteiger partial charge in [0.2, 0.25) is 11.8 Å². The van der Waals surface area contributed by atoms with Crippen LogP contribution in [-0.4, -0.2) is 32.3 Å². The molecule has 0 saturated carbocycles. The van der Waals surface area contributed by atoms with Gasteiger partial charge in [0.05, 0.1) is 12.2 Å². The van der Waals surface area contributed by atoms with Gasteiger partial charge in [-0.2, -0.15) is 0 Å². The van der Waals surface area contributed by atoms with Gasteiger partial charge in [-0.25, -0.2) is 4.39 Å². The summed E-state index contributed by atoms with van der Waals surface area (Å²) in [5.41, 5.74) is 2.07. The Kier molecular flexibility index (Phi) is 7.64. The lowest BCUT2D eigenvalue weighted by Gasteiger charge is -2.10. The smallest absolute Gasteiger partial charge is 0.234 e. The molecule has 0 saturated heterocycles. The molecule has 0 radical (unpaired) electrons. The van der Waals surface area contributed by atoms with Gasteiger partial charge < -0.3 is 15.2 Å². The maximum absolute atomic E-state index is 13.0. The fourth-order valence-electron chi connectivity index (χ4n) is 2.80. The van der Waals surface area contributed by atoms with Crippen LogP contribution in [0.5, 0.6) is 0 Å². The first-order valence-corrected chi connectivity index (χ1v) is 10.9. The van der Waals surface area contributed by atoms with Crippen LogP contribution in [-0.2, 0) is 22.6 Å². The molecule has 0 aliphatic carbocycles. The third-order valence-corrected chi connectivity index (χ3v) is 5.56. The van der Waals surface area contributed by atoms with E-state index in [1.165, 1.54) is 36.0 Å². The summed E-state index contributed by atoms with van der Waals surface area (Å²) < 4.78 is 14.8. The van der Waals surface area contributed by atoms with Crippen LogP contribution in [0.2, 0.25) is 5.02 Å². The minimum atomic E-state index is -0.375. The van der Waals surface area contributed by atoms with Crippen molar-refractivity contribution in [3.05, 3.63) is 64.7 Å². The van der Waals surface area contributed by atoms with Gasteiger partial charge in [-0.15, -0.1) is 10.2 Å². The molecule has 7 nitrogen and oxygen atoms in total. The number of carbonyl (C=O) groups excluding carboxylic acids is 2. The van der Waals surface area contributed by atoms with Crippen LogP contribution in [0.25, 0.3) is 0 Å². The monoisotopic (exact) mass is 461 g/mol. The molecule has 0 bridgehead atoms. The maximum atomic E-state index is 13.0. The van der Waals surface area contributed by atoms with Crippen LogP contribution >= 0.6 is 23.4 Å². The molecule has 0 atom stereocenters. The Labute approximate surface area is 188 Å². The van der Waals surface area contributed by atoms with E-state index in [0.717, 1.165) is 5.56 Å². The van der Waals surface area contributed by atoms with Crippen molar-refractivity contribution in [1.29, 1.82) is 0 Å². The molecule has 0 aliphatic heterocycles. The number of nitrogens with zero attached hydrogens (tertiary/aromatic N) is 3. The summed E-state index contributed by atoms with van der Waals surface area (Å²) in [5, 5.41) is 14.8. The molecular weight excluding hydrogens is 441 g/mol. The number of aromatic nitrogens is 3. The van der Waals surface area contributed by atoms with Crippen LogP contribution in [0.3, 0.4) is 0 Å². The summed E-state index contributed by atoms with van der Waals surface area (Å²) in [5.74, 6) is -0.252. The molecule has 162 valence electrons. The molecule has 1 heterocycles. The number of carbonyl (C=O) groups is 2. The molecule has 3 aromatic rings. The van der Waals surface area contributed by atoms with Gasteiger partial charge in [0, 0.05) is 22.9 Å². The van der Waals surface area contributed by atoms with Crippen molar-refractivity contribution >= 4 is 46.6 Å². The topological polar surface area (TPSA) is 88.9 Å². The zero-order valence-electron chi connectivity index (χ0n) is 17.0. The predicted octanol–water partition coefficient (Wildman–Crippen LogP) is 4.31. The molecular formula is C21H21ClFN5O2S. The number of nitrogens with one attached hydrogen (secondary N) is 2. The summed E-state index contributed by atoms with van der Waals surface area (Å²) in [6.45, 7) is 4.34. The van der Waals surface area contributed by atoms with Gasteiger partial charge in [0.15, 0.2) is 5.16 Å². The van der Waals surface area contributed by atoms with Crippen molar-refractivity contribution in [2.75, 3.05) is 16.4 Å². The molecule has 0 aliphatic rings. The highest BCUT2D eigenvalue weighted by atomic mass is 35.5. The lowest BCUT2D eigenvalue weighted by atomic mass is 10.2. The van der Waals surface area contributed by atoms with E-state index in [1.807, 2.05) is 19.9 Å². The van der Waals surface area contributed by atoms with Crippen molar-refractivity contribution in [3.8, 4) is 0 Å². The van der Waals surface area contributed by atoms with Gasteiger partial charge in [0.25, 0.3) is 0 Å². The highest BCUT2D eigenvalue weighted by Gasteiger charge is 2.16. The minimum Gasteiger partial charge on any atom is -0.326 e. The summed E-state index contributed by atoms with van der Waals surface area (Å²) in [6, 6.07) is 10.8. The number of thioether (sulfide) groups is 1. The molecule has 0 unspecified atom stereocenters. The highest BCUT2D eigenvalue weighted by molar-refractivity contribution is 7.99. The first-order valence-electron chi connectivity index (χ1n) is 9.52. The lowest BCUT2D eigenvalue weighted by molar-refractivity contribution is -0.116. The van der Waals surface area contributed by atoms with E-state index >= 15 is 0 Å². The summed E-state index contributed by atoms with van der Waals surface area (Å²) in [6.07, 6.45) is 0.00663. The Balaban J connectivity index is 1.59. The zero-order valence-corrected chi connectivity index (χ0v) is 18.6. The standard InChI is InChI=1S/C21H21ClFN5O2S/c1-3-28-18(11-19(29)24-16-8-6-15(23)7-9-16)26-27-21(28)31-12-20(30)25-17-10-14(22)5-4-13(17)2/h4-10H,3,11-12H2,1-2H3,(H,24,29)(H,25,30). The molecule has 2 N–H and O–H groups in total. The number of amides is 2. The number of hydrogen-bond acceptors (Lipinski definition) is 5. The summed E-state index contributed by atoms with van der Waals surface area (Å²) in [7, 11) is 0. The average Bonchev–Trinajstić information content (AvgIpc) is 3.12. The molecule has 1 aromatic heterocycles. The first-order chi connectivity index (χ1) is 14.9. The fraction of sp³-hybridized carbons (Fsp3) is 0.238. The van der Waals surface area contributed by atoms with E-state index in [-0.39, 0.29) is 29.8 Å². The summed E-state index contributed by atoms with van der Waals surface area (Å²) >= 11 is 7.22. The molecule has 2 aromatic carbocycles. The van der Waals surface area contributed by atoms with Gasteiger partial charge in [-0.05, 0) is 55.8 Å². The third-order valence-electron chi connectivity index (χ3n) is 4.36. The molecule has 0 fully saturated rings. The second kappa shape index (κ2) is 10.4. The van der Waals surface area contributed by atoms with Gasteiger partial charge in [-0.1, -0.05) is 29.4 Å². The number of anilines is 2. The normalized spacial score (nSPS) is 10.7. The van der Waals surface area contributed by atoms with Crippen molar-refractivity contribution in [2.24, 2.45) is 0 Å². The Morgan fingerprint density at radius 3 is 2.55 bits per heavy atom. The van der Waals surface area contributed by atoms with Crippen LogP contribution in [0, 0.1) is 12.7 Å². The van der Waals surface area contributed by atoms with Crippen molar-refractivity contribution in [2.45, 2.75) is 32.0 Å². The Morgan fingerprint density at radius 1 is 1.10 bits per heavy atom. The minimum absolute atomic E-state index is 0.00663. The maximum Gasteiger partial charge on any atom is 0.234 e. The molecule has 2 amide bonds. The van der Waals surface area contributed by atoms with E-state index in [9.17, 15) is 14.0 Å². The van der Waals surface area contributed by atoms with Crippen LogP contribution in [0.15, 0.2) is 47.6 Å². The van der Waals surface area contributed by atoms with E-state index in [0.29, 0.717) is 33.9 Å². The SMILES string of the molecule is CCn1c(CC(=O)Nc2ccc(F)cc2)nnc1SCC(=O)Nc1cc(Cl)ccc1C. The number of rotatable bonds is 8. The number of benzene rings is 2. The van der Waals surface area contributed by atoms with Crippen molar-refractivity contribution < 1.29 is 14.0 Å². The van der Waals surface area contributed by atoms with Crippen LogP contribution < -0.4 is 10.6 Å². The van der Waals surface area contributed by atoms with Crippen LogP contribution in [0.1, 0.15) is 18.3 Å². The fourth-order valence-corrected chi connectivity index (χ4v) is 3.79.